The maximum absolute atomic E-state index is 5.57. The largest absolute Gasteiger partial charge is 0.380 e. The molecule has 0 bridgehead atoms. The van der Waals surface area contributed by atoms with E-state index in [4.69, 9.17) is 10.3 Å². The van der Waals surface area contributed by atoms with Gasteiger partial charge in [0.2, 0.25) is 0 Å². The molecule has 12 heavy (non-hydrogen) atoms. The van der Waals surface area contributed by atoms with Crippen LogP contribution in [0.15, 0.2) is 25.6 Å². The maximum atomic E-state index is 5.57. The van der Waals surface area contributed by atoms with Gasteiger partial charge in [0.05, 0.1) is 9.86 Å². The van der Waals surface area contributed by atoms with Gasteiger partial charge in [0.15, 0.2) is 11.4 Å². The second kappa shape index (κ2) is 2.74. The van der Waals surface area contributed by atoms with E-state index in [1.54, 1.807) is 0 Å². The predicted molar refractivity (Wildman–Crippen MR) is 53.8 cm³/mol. The lowest BCUT2D eigenvalue weighted by Crippen LogP contribution is -1.83. The summed E-state index contributed by atoms with van der Waals surface area (Å²) < 4.78 is 6.78. The van der Waals surface area contributed by atoms with Crippen molar-refractivity contribution in [1.82, 2.24) is 5.16 Å². The molecule has 0 atom stereocenters. The van der Waals surface area contributed by atoms with Crippen LogP contribution in [0, 0.1) is 0 Å². The first-order valence-corrected chi connectivity index (χ1v) is 4.77. The summed E-state index contributed by atoms with van der Waals surface area (Å²) in [4.78, 5) is 0. The number of aromatic nitrogens is 1. The van der Waals surface area contributed by atoms with E-state index in [9.17, 15) is 0 Å². The monoisotopic (exact) mass is 290 g/mol. The quantitative estimate of drug-likeness (QED) is 0.812. The van der Waals surface area contributed by atoms with E-state index in [0.29, 0.717) is 11.4 Å². The summed E-state index contributed by atoms with van der Waals surface area (Å²) in [5.74, 6) is 0.409. The minimum Gasteiger partial charge on any atom is -0.380 e. The first-order chi connectivity index (χ1) is 5.68. The molecule has 5 heteroatoms. The zero-order chi connectivity index (χ0) is 8.72. The Balaban J connectivity index is 2.92. The van der Waals surface area contributed by atoms with E-state index in [1.807, 2.05) is 12.1 Å². The summed E-state index contributed by atoms with van der Waals surface area (Å²) in [5.41, 5.74) is 6.24. The minimum absolute atomic E-state index is 0.409. The van der Waals surface area contributed by atoms with E-state index in [0.717, 1.165) is 14.3 Å². The zero-order valence-corrected chi connectivity index (χ0v) is 9.02. The Kier molecular flexibility index (Phi) is 1.84. The van der Waals surface area contributed by atoms with Crippen LogP contribution in [0.5, 0.6) is 0 Å². The second-order valence-electron chi connectivity index (χ2n) is 2.33. The Morgan fingerprint density at radius 1 is 1.33 bits per heavy atom. The van der Waals surface area contributed by atoms with Crippen molar-refractivity contribution in [3.8, 4) is 0 Å². The fourth-order valence-corrected chi connectivity index (χ4v) is 2.29. The molecule has 0 fully saturated rings. The number of hydrogen-bond donors (Lipinski definition) is 1. The lowest BCUT2D eigenvalue weighted by molar-refractivity contribution is 0.459. The van der Waals surface area contributed by atoms with Crippen molar-refractivity contribution in [1.29, 1.82) is 0 Å². The van der Waals surface area contributed by atoms with Gasteiger partial charge in [-0.2, -0.15) is 0 Å². The van der Waals surface area contributed by atoms with Crippen molar-refractivity contribution in [2.24, 2.45) is 0 Å². The highest BCUT2D eigenvalue weighted by Gasteiger charge is 2.08. The molecule has 0 saturated carbocycles. The molecule has 0 aliphatic carbocycles. The molecule has 62 valence electrons. The molecule has 2 aromatic rings. The normalized spacial score (nSPS) is 10.8. The standard InChI is InChI=1S/C7H4Br2N2O/c8-3-1-4-6(5(9)2-3)12-11-7(4)10/h1-2H,(H2,10,11). The third-order valence-corrected chi connectivity index (χ3v) is 2.57. The van der Waals surface area contributed by atoms with Crippen molar-refractivity contribution in [2.75, 3.05) is 5.73 Å². The Morgan fingerprint density at radius 3 is 2.83 bits per heavy atom. The highest BCUT2D eigenvalue weighted by Crippen LogP contribution is 2.31. The minimum atomic E-state index is 0.409. The zero-order valence-electron chi connectivity index (χ0n) is 5.84. The third-order valence-electron chi connectivity index (χ3n) is 1.52. The number of anilines is 1. The van der Waals surface area contributed by atoms with Crippen LogP contribution in [-0.2, 0) is 0 Å². The molecule has 1 aromatic heterocycles. The van der Waals surface area contributed by atoms with Crippen LogP contribution in [0.2, 0.25) is 0 Å². The number of fused-ring (bicyclic) bond motifs is 1. The summed E-state index contributed by atoms with van der Waals surface area (Å²) in [5, 5.41) is 4.47. The number of rotatable bonds is 0. The molecule has 2 rings (SSSR count). The Hall–Kier alpha value is -0.550. The number of nitrogens with zero attached hydrogens (tertiary/aromatic N) is 1. The van der Waals surface area contributed by atoms with Crippen molar-refractivity contribution in [2.45, 2.75) is 0 Å². The summed E-state index contributed by atoms with van der Waals surface area (Å²) in [6, 6.07) is 3.75. The first-order valence-electron chi connectivity index (χ1n) is 3.18. The van der Waals surface area contributed by atoms with Gasteiger partial charge in [0.1, 0.15) is 0 Å². The summed E-state index contributed by atoms with van der Waals surface area (Å²) in [6.07, 6.45) is 0. The van der Waals surface area contributed by atoms with E-state index in [2.05, 4.69) is 37.0 Å². The molecule has 1 aromatic carbocycles. The van der Waals surface area contributed by atoms with Crippen LogP contribution >= 0.6 is 31.9 Å². The molecule has 0 aliphatic rings. The lowest BCUT2D eigenvalue weighted by Gasteiger charge is -1.92. The fraction of sp³-hybridized carbons (Fsp3) is 0. The van der Waals surface area contributed by atoms with Gasteiger partial charge in [-0.15, -0.1) is 0 Å². The van der Waals surface area contributed by atoms with Gasteiger partial charge in [-0.25, -0.2) is 0 Å². The molecule has 3 nitrogen and oxygen atoms in total. The van der Waals surface area contributed by atoms with Gasteiger partial charge in [0.25, 0.3) is 0 Å². The van der Waals surface area contributed by atoms with Gasteiger partial charge >= 0.3 is 0 Å². The third kappa shape index (κ3) is 1.13. The topological polar surface area (TPSA) is 52.0 Å². The van der Waals surface area contributed by atoms with Gasteiger partial charge in [-0.1, -0.05) is 21.1 Å². The van der Waals surface area contributed by atoms with E-state index >= 15 is 0 Å². The van der Waals surface area contributed by atoms with E-state index in [1.165, 1.54) is 0 Å². The number of nitrogens with two attached hydrogens (primary N) is 1. The molecule has 0 unspecified atom stereocenters. The van der Waals surface area contributed by atoms with Gasteiger partial charge in [0, 0.05) is 4.47 Å². The Morgan fingerprint density at radius 2 is 2.08 bits per heavy atom. The lowest BCUT2D eigenvalue weighted by atomic mass is 10.2. The van der Waals surface area contributed by atoms with Crippen LogP contribution in [-0.4, -0.2) is 5.16 Å². The summed E-state index contributed by atoms with van der Waals surface area (Å²) in [6.45, 7) is 0. The van der Waals surface area contributed by atoms with Gasteiger partial charge in [-0.3, -0.25) is 0 Å². The smallest absolute Gasteiger partial charge is 0.183 e. The Labute approximate surface area is 85.2 Å². The van der Waals surface area contributed by atoms with Crippen molar-refractivity contribution in [3.05, 3.63) is 21.1 Å². The molecule has 0 saturated heterocycles. The molecule has 1 heterocycles. The van der Waals surface area contributed by atoms with Gasteiger partial charge in [-0.05, 0) is 28.1 Å². The van der Waals surface area contributed by atoms with Crippen LogP contribution < -0.4 is 5.73 Å². The van der Waals surface area contributed by atoms with E-state index < -0.39 is 0 Å². The highest BCUT2D eigenvalue weighted by atomic mass is 79.9. The van der Waals surface area contributed by atoms with Crippen LogP contribution in [0.1, 0.15) is 0 Å². The molecular weight excluding hydrogens is 288 g/mol. The van der Waals surface area contributed by atoms with Crippen molar-refractivity contribution in [3.63, 3.8) is 0 Å². The SMILES string of the molecule is Nc1noc2c(Br)cc(Br)cc12. The number of halogens is 2. The van der Waals surface area contributed by atoms with Crippen molar-refractivity contribution >= 4 is 48.6 Å². The molecule has 2 N–H and O–H groups in total. The molecule has 0 aliphatic heterocycles. The molecule has 0 spiro atoms. The van der Waals surface area contributed by atoms with Crippen LogP contribution in [0.4, 0.5) is 5.82 Å². The summed E-state index contributed by atoms with van der Waals surface area (Å²) in [7, 11) is 0. The predicted octanol–water partition coefficient (Wildman–Crippen LogP) is 2.93. The van der Waals surface area contributed by atoms with Crippen molar-refractivity contribution < 1.29 is 4.52 Å². The van der Waals surface area contributed by atoms with Crippen LogP contribution in [0.3, 0.4) is 0 Å². The fourth-order valence-electron chi connectivity index (χ4n) is 0.987. The van der Waals surface area contributed by atoms with Crippen LogP contribution in [0.25, 0.3) is 11.0 Å². The average Bonchev–Trinajstić information content (AvgIpc) is 2.33. The molecule has 0 amide bonds. The average molecular weight is 292 g/mol. The molecular formula is C7H4Br2N2O. The van der Waals surface area contributed by atoms with Gasteiger partial charge < -0.3 is 10.3 Å². The number of benzene rings is 1. The molecule has 0 radical (unpaired) electrons. The number of nitrogen functional groups attached to an aromatic ring is 1. The highest BCUT2D eigenvalue weighted by molar-refractivity contribution is 9.11. The maximum Gasteiger partial charge on any atom is 0.183 e. The first kappa shape index (κ1) is 8.07. The number of hydrogen-bond acceptors (Lipinski definition) is 3. The Bertz CT molecular complexity index is 438. The van der Waals surface area contributed by atoms with E-state index in [-0.39, 0.29) is 0 Å². The summed E-state index contributed by atoms with van der Waals surface area (Å²) >= 11 is 6.69. The second-order valence-corrected chi connectivity index (χ2v) is 4.10.